The van der Waals surface area contributed by atoms with E-state index in [4.69, 9.17) is 0 Å². The molecule has 1 aliphatic carbocycles. The molecule has 1 N–H and O–H groups in total. The van der Waals surface area contributed by atoms with Gasteiger partial charge in [0.05, 0.1) is 0 Å². The number of halogens is 1. The number of nitrogens with zero attached hydrogens (tertiary/aromatic N) is 1. The summed E-state index contributed by atoms with van der Waals surface area (Å²) in [5.74, 6) is 5.88. The van der Waals surface area contributed by atoms with E-state index in [2.05, 4.69) is 22.1 Å². The van der Waals surface area contributed by atoms with Crippen molar-refractivity contribution in [2.75, 3.05) is 5.32 Å². The molecule has 4 rings (SSSR count). The summed E-state index contributed by atoms with van der Waals surface area (Å²) < 4.78 is 13.0. The number of aromatic nitrogens is 1. The van der Waals surface area contributed by atoms with Gasteiger partial charge in [-0.1, -0.05) is 30.2 Å². The van der Waals surface area contributed by atoms with Crippen LogP contribution in [0.4, 0.5) is 10.1 Å². The van der Waals surface area contributed by atoms with E-state index in [9.17, 15) is 9.18 Å². The number of amides is 1. The summed E-state index contributed by atoms with van der Waals surface area (Å²) in [6.07, 6.45) is 2.49. The van der Waals surface area contributed by atoms with Gasteiger partial charge in [0, 0.05) is 23.4 Å². The quantitative estimate of drug-likeness (QED) is 0.709. The molecule has 27 heavy (non-hydrogen) atoms. The highest BCUT2D eigenvalue weighted by Gasteiger charge is 2.43. The maximum Gasteiger partial charge on any atom is 0.228 e. The summed E-state index contributed by atoms with van der Waals surface area (Å²) in [7, 11) is 0. The van der Waals surface area contributed by atoms with Crippen molar-refractivity contribution in [2.45, 2.75) is 12.3 Å². The number of hydrogen-bond acceptors (Lipinski definition) is 2. The van der Waals surface area contributed by atoms with Gasteiger partial charge in [-0.3, -0.25) is 4.79 Å². The minimum atomic E-state index is -0.260. The van der Waals surface area contributed by atoms with Crippen molar-refractivity contribution in [1.29, 1.82) is 0 Å². The molecule has 3 aromatic rings. The molecular formula is C23H17FN2O. The van der Waals surface area contributed by atoms with Gasteiger partial charge in [-0.2, -0.15) is 0 Å². The fourth-order valence-corrected chi connectivity index (χ4v) is 3.05. The molecule has 1 fully saturated rings. The van der Waals surface area contributed by atoms with Crippen LogP contribution < -0.4 is 5.32 Å². The minimum absolute atomic E-state index is 0.0147. The standard InChI is InChI=1S/C23H17FN2O/c24-18-10-8-17(9-11-18)21-15-22(21)23(27)26-20-6-3-4-16(14-20)7-12-19-5-1-2-13-25-19/h1-6,8-11,13-14,21-22H,15H2,(H,26,27). The first-order valence-electron chi connectivity index (χ1n) is 8.78. The molecule has 0 aliphatic heterocycles. The minimum Gasteiger partial charge on any atom is -0.326 e. The van der Waals surface area contributed by atoms with Crippen molar-refractivity contribution >= 4 is 11.6 Å². The van der Waals surface area contributed by atoms with Crippen LogP contribution in [0.1, 0.15) is 29.2 Å². The van der Waals surface area contributed by atoms with E-state index in [1.165, 1.54) is 12.1 Å². The lowest BCUT2D eigenvalue weighted by molar-refractivity contribution is -0.117. The Bertz CT molecular complexity index is 1020. The molecule has 1 aliphatic rings. The Morgan fingerprint density at radius 3 is 2.67 bits per heavy atom. The van der Waals surface area contributed by atoms with Gasteiger partial charge in [-0.15, -0.1) is 0 Å². The lowest BCUT2D eigenvalue weighted by atomic mass is 10.1. The number of rotatable bonds is 3. The number of carbonyl (C=O) groups excluding carboxylic acids is 1. The lowest BCUT2D eigenvalue weighted by Gasteiger charge is -2.05. The fourth-order valence-electron chi connectivity index (χ4n) is 3.05. The molecule has 1 heterocycles. The molecule has 132 valence electrons. The molecule has 3 nitrogen and oxygen atoms in total. The number of nitrogens with one attached hydrogen (secondary N) is 1. The van der Waals surface area contributed by atoms with Crippen molar-refractivity contribution in [3.63, 3.8) is 0 Å². The topological polar surface area (TPSA) is 42.0 Å². The Morgan fingerprint density at radius 1 is 1.04 bits per heavy atom. The molecule has 1 amide bonds. The summed E-state index contributed by atoms with van der Waals surface area (Å²) in [5, 5.41) is 2.96. The molecule has 2 atom stereocenters. The van der Waals surface area contributed by atoms with Crippen LogP contribution in [0.2, 0.25) is 0 Å². The third-order valence-corrected chi connectivity index (χ3v) is 4.56. The fraction of sp³-hybridized carbons (Fsp3) is 0.130. The van der Waals surface area contributed by atoms with E-state index < -0.39 is 0 Å². The lowest BCUT2D eigenvalue weighted by Crippen LogP contribution is -2.14. The normalized spacial score (nSPS) is 17.5. The van der Waals surface area contributed by atoms with Crippen LogP contribution >= 0.6 is 0 Å². The molecule has 2 unspecified atom stereocenters. The first-order valence-corrected chi connectivity index (χ1v) is 8.78. The van der Waals surface area contributed by atoms with Crippen LogP contribution in [-0.4, -0.2) is 10.9 Å². The van der Waals surface area contributed by atoms with Crippen molar-refractivity contribution in [1.82, 2.24) is 4.98 Å². The van der Waals surface area contributed by atoms with Crippen LogP contribution in [-0.2, 0) is 4.79 Å². The van der Waals surface area contributed by atoms with E-state index in [1.807, 2.05) is 42.5 Å². The second kappa shape index (κ2) is 7.43. The number of benzene rings is 2. The summed E-state index contributed by atoms with van der Waals surface area (Å²) in [6, 6.07) is 19.4. The molecule has 0 spiro atoms. The highest BCUT2D eigenvalue weighted by molar-refractivity contribution is 5.95. The monoisotopic (exact) mass is 356 g/mol. The number of pyridine rings is 1. The van der Waals surface area contributed by atoms with E-state index in [0.717, 1.165) is 23.2 Å². The first kappa shape index (κ1) is 17.0. The Balaban J connectivity index is 1.41. The van der Waals surface area contributed by atoms with Gasteiger partial charge in [0.15, 0.2) is 0 Å². The zero-order chi connectivity index (χ0) is 18.6. The first-order chi connectivity index (χ1) is 13.2. The summed E-state index contributed by atoms with van der Waals surface area (Å²) in [4.78, 5) is 16.7. The van der Waals surface area contributed by atoms with Crippen molar-refractivity contribution in [3.05, 3.63) is 95.6 Å². The Morgan fingerprint density at radius 2 is 1.89 bits per heavy atom. The second-order valence-corrected chi connectivity index (χ2v) is 6.54. The van der Waals surface area contributed by atoms with Crippen molar-refractivity contribution in [3.8, 4) is 11.8 Å². The third kappa shape index (κ3) is 4.21. The van der Waals surface area contributed by atoms with Crippen LogP contribution in [0, 0.1) is 23.6 Å². The van der Waals surface area contributed by atoms with Crippen LogP contribution in [0.25, 0.3) is 0 Å². The molecule has 1 saturated carbocycles. The molecular weight excluding hydrogens is 339 g/mol. The van der Waals surface area contributed by atoms with E-state index in [-0.39, 0.29) is 23.6 Å². The molecule has 1 aromatic heterocycles. The highest BCUT2D eigenvalue weighted by atomic mass is 19.1. The molecule has 0 saturated heterocycles. The highest BCUT2D eigenvalue weighted by Crippen LogP contribution is 2.47. The second-order valence-electron chi connectivity index (χ2n) is 6.54. The maximum atomic E-state index is 13.0. The van der Waals surface area contributed by atoms with Gasteiger partial charge in [0.1, 0.15) is 11.5 Å². The Labute approximate surface area is 157 Å². The molecule has 0 bridgehead atoms. The van der Waals surface area contributed by atoms with Gasteiger partial charge in [0.2, 0.25) is 5.91 Å². The maximum absolute atomic E-state index is 13.0. The summed E-state index contributed by atoms with van der Waals surface area (Å²) in [6.45, 7) is 0. The third-order valence-electron chi connectivity index (χ3n) is 4.56. The molecule has 2 aromatic carbocycles. The summed E-state index contributed by atoms with van der Waals surface area (Å²) >= 11 is 0. The molecule has 4 heteroatoms. The smallest absolute Gasteiger partial charge is 0.228 e. The van der Waals surface area contributed by atoms with Gasteiger partial charge >= 0.3 is 0 Å². The van der Waals surface area contributed by atoms with Crippen LogP contribution in [0.5, 0.6) is 0 Å². The number of hydrogen-bond donors (Lipinski definition) is 1. The summed E-state index contributed by atoms with van der Waals surface area (Å²) in [5.41, 5.74) is 3.24. The largest absolute Gasteiger partial charge is 0.326 e. The van der Waals surface area contributed by atoms with Crippen LogP contribution in [0.15, 0.2) is 72.9 Å². The van der Waals surface area contributed by atoms with Crippen molar-refractivity contribution in [2.24, 2.45) is 5.92 Å². The number of anilines is 1. The number of carbonyl (C=O) groups is 1. The zero-order valence-electron chi connectivity index (χ0n) is 14.5. The van der Waals surface area contributed by atoms with Gasteiger partial charge in [-0.25, -0.2) is 9.37 Å². The van der Waals surface area contributed by atoms with E-state index in [0.29, 0.717) is 5.69 Å². The SMILES string of the molecule is O=C(Nc1cccc(C#Cc2ccccn2)c1)C1CC1c1ccc(F)cc1. The zero-order valence-corrected chi connectivity index (χ0v) is 14.5. The predicted octanol–water partition coefficient (Wildman–Crippen LogP) is 4.36. The van der Waals surface area contributed by atoms with E-state index >= 15 is 0 Å². The Hall–Kier alpha value is -3.45. The molecule has 0 radical (unpaired) electrons. The van der Waals surface area contributed by atoms with Gasteiger partial charge in [0.25, 0.3) is 0 Å². The van der Waals surface area contributed by atoms with Gasteiger partial charge in [-0.05, 0) is 66.3 Å². The average Bonchev–Trinajstić information content (AvgIpc) is 3.49. The van der Waals surface area contributed by atoms with E-state index in [1.54, 1.807) is 18.3 Å². The Kier molecular flexibility index (Phi) is 4.67. The van der Waals surface area contributed by atoms with Gasteiger partial charge < -0.3 is 5.32 Å². The predicted molar refractivity (Wildman–Crippen MR) is 103 cm³/mol. The van der Waals surface area contributed by atoms with Crippen LogP contribution in [0.3, 0.4) is 0 Å². The average molecular weight is 356 g/mol. The van der Waals surface area contributed by atoms with Crippen molar-refractivity contribution < 1.29 is 9.18 Å².